The number of fused-ring (bicyclic) bond motifs is 1. The van der Waals surface area contributed by atoms with Gasteiger partial charge in [0.15, 0.2) is 11.3 Å². The molecule has 0 amide bonds. The van der Waals surface area contributed by atoms with E-state index in [-0.39, 0.29) is 23.4 Å². The van der Waals surface area contributed by atoms with Crippen molar-refractivity contribution in [3.05, 3.63) is 46.5 Å². The van der Waals surface area contributed by atoms with E-state index < -0.39 is 4.92 Å². The molecule has 0 unspecified atom stereocenters. The van der Waals surface area contributed by atoms with E-state index in [4.69, 9.17) is 14.9 Å². The number of aromatic nitrogens is 1. The average molecular weight is 313 g/mol. The second kappa shape index (κ2) is 5.60. The Morgan fingerprint density at radius 3 is 2.74 bits per heavy atom. The molecule has 0 fully saturated rings. The molecule has 1 aromatic heterocycles. The summed E-state index contributed by atoms with van der Waals surface area (Å²) in [4.78, 5) is 15.1. The van der Waals surface area contributed by atoms with Crippen molar-refractivity contribution in [2.75, 3.05) is 5.73 Å². The van der Waals surface area contributed by atoms with Gasteiger partial charge in [-0.05, 0) is 38.1 Å². The molecule has 2 aromatic carbocycles. The average Bonchev–Trinajstić information content (AvgIpc) is 2.92. The Kier molecular flexibility index (Phi) is 3.61. The molecule has 3 aromatic rings. The highest BCUT2D eigenvalue weighted by Gasteiger charge is 2.20. The van der Waals surface area contributed by atoms with Crippen molar-refractivity contribution in [2.24, 2.45) is 0 Å². The minimum absolute atomic E-state index is 0.133. The number of ether oxygens (including phenoxy) is 1. The lowest BCUT2D eigenvalue weighted by molar-refractivity contribution is -0.386. The van der Waals surface area contributed by atoms with Gasteiger partial charge in [-0.3, -0.25) is 10.1 Å². The molecule has 0 atom stereocenters. The molecule has 1 heterocycles. The minimum Gasteiger partial charge on any atom is -0.484 e. The van der Waals surface area contributed by atoms with E-state index in [1.54, 1.807) is 44.2 Å². The molecule has 0 spiro atoms. The number of nitrogens with two attached hydrogens (primary N) is 1. The summed E-state index contributed by atoms with van der Waals surface area (Å²) in [6.07, 6.45) is -0.163. The SMILES string of the molecule is CC(C)Oc1ccc(-c2nc3c(N)cccc3o2)cc1[N+](=O)[O-]. The molecule has 0 bridgehead atoms. The summed E-state index contributed by atoms with van der Waals surface area (Å²) in [7, 11) is 0. The summed E-state index contributed by atoms with van der Waals surface area (Å²) in [5, 5.41) is 11.3. The Balaban J connectivity index is 2.10. The van der Waals surface area contributed by atoms with Crippen molar-refractivity contribution in [3.63, 3.8) is 0 Å². The molecule has 3 rings (SSSR count). The van der Waals surface area contributed by atoms with Gasteiger partial charge in [0.25, 0.3) is 0 Å². The third-order valence-electron chi connectivity index (χ3n) is 3.22. The smallest absolute Gasteiger partial charge is 0.311 e. The minimum atomic E-state index is -0.488. The zero-order valence-electron chi connectivity index (χ0n) is 12.6. The van der Waals surface area contributed by atoms with Gasteiger partial charge in [0.05, 0.1) is 16.7 Å². The van der Waals surface area contributed by atoms with Crippen LogP contribution in [0.25, 0.3) is 22.6 Å². The lowest BCUT2D eigenvalue weighted by Gasteiger charge is -2.10. The fourth-order valence-corrected chi connectivity index (χ4v) is 2.24. The number of para-hydroxylation sites is 1. The third kappa shape index (κ3) is 2.80. The van der Waals surface area contributed by atoms with Gasteiger partial charge in [0, 0.05) is 11.6 Å². The van der Waals surface area contributed by atoms with E-state index in [1.807, 2.05) is 0 Å². The summed E-state index contributed by atoms with van der Waals surface area (Å²) in [5.41, 5.74) is 7.77. The summed E-state index contributed by atoms with van der Waals surface area (Å²) in [6.45, 7) is 3.61. The zero-order chi connectivity index (χ0) is 16.6. The fraction of sp³-hybridized carbons (Fsp3) is 0.188. The van der Waals surface area contributed by atoms with E-state index >= 15 is 0 Å². The Labute approximate surface area is 131 Å². The third-order valence-corrected chi connectivity index (χ3v) is 3.22. The van der Waals surface area contributed by atoms with E-state index in [0.29, 0.717) is 22.4 Å². The number of rotatable bonds is 4. The first-order chi connectivity index (χ1) is 11.0. The molecule has 0 aliphatic rings. The van der Waals surface area contributed by atoms with Crippen LogP contribution in [0.15, 0.2) is 40.8 Å². The molecule has 0 aliphatic heterocycles. The van der Waals surface area contributed by atoms with Crippen LogP contribution in [-0.4, -0.2) is 16.0 Å². The predicted octanol–water partition coefficient (Wildman–Crippen LogP) is 3.77. The van der Waals surface area contributed by atoms with Gasteiger partial charge >= 0.3 is 5.69 Å². The molecular formula is C16H15N3O4. The molecule has 0 saturated carbocycles. The van der Waals surface area contributed by atoms with Crippen LogP contribution in [0.5, 0.6) is 5.75 Å². The maximum Gasteiger partial charge on any atom is 0.311 e. The highest BCUT2D eigenvalue weighted by molar-refractivity contribution is 5.87. The standard InChI is InChI=1S/C16H15N3O4/c1-9(2)22-13-7-6-10(8-12(13)19(20)21)16-18-15-11(17)4-3-5-14(15)23-16/h3-9H,17H2,1-2H3. The van der Waals surface area contributed by atoms with Crippen molar-refractivity contribution < 1.29 is 14.1 Å². The van der Waals surface area contributed by atoms with E-state index in [1.165, 1.54) is 6.07 Å². The van der Waals surface area contributed by atoms with Gasteiger partial charge < -0.3 is 14.9 Å². The first-order valence-electron chi connectivity index (χ1n) is 7.06. The molecule has 2 N–H and O–H groups in total. The van der Waals surface area contributed by atoms with Gasteiger partial charge in [0.2, 0.25) is 5.89 Å². The van der Waals surface area contributed by atoms with Gasteiger partial charge in [-0.1, -0.05) is 6.07 Å². The number of anilines is 1. The maximum absolute atomic E-state index is 11.3. The molecular weight excluding hydrogens is 298 g/mol. The fourth-order valence-electron chi connectivity index (χ4n) is 2.24. The van der Waals surface area contributed by atoms with Crippen LogP contribution in [0.3, 0.4) is 0 Å². The highest BCUT2D eigenvalue weighted by Crippen LogP contribution is 2.34. The lowest BCUT2D eigenvalue weighted by Crippen LogP contribution is -2.07. The van der Waals surface area contributed by atoms with Crippen molar-refractivity contribution in [2.45, 2.75) is 20.0 Å². The van der Waals surface area contributed by atoms with Crippen molar-refractivity contribution in [1.29, 1.82) is 0 Å². The van der Waals surface area contributed by atoms with Gasteiger partial charge in [-0.25, -0.2) is 4.98 Å². The first kappa shape index (κ1) is 14.8. The molecule has 0 saturated heterocycles. The quantitative estimate of drug-likeness (QED) is 0.446. The second-order valence-electron chi connectivity index (χ2n) is 5.32. The number of nitro benzene ring substituents is 1. The number of nitrogens with zero attached hydrogens (tertiary/aromatic N) is 2. The Bertz CT molecular complexity index is 886. The van der Waals surface area contributed by atoms with E-state index in [9.17, 15) is 10.1 Å². The van der Waals surface area contributed by atoms with Gasteiger partial charge in [0.1, 0.15) is 5.52 Å². The van der Waals surface area contributed by atoms with Gasteiger partial charge in [-0.2, -0.15) is 0 Å². The predicted molar refractivity (Wildman–Crippen MR) is 86.3 cm³/mol. The molecule has 7 heteroatoms. The van der Waals surface area contributed by atoms with Crippen LogP contribution >= 0.6 is 0 Å². The van der Waals surface area contributed by atoms with Gasteiger partial charge in [-0.15, -0.1) is 0 Å². The van der Waals surface area contributed by atoms with Crippen molar-refractivity contribution >= 4 is 22.5 Å². The number of hydrogen-bond acceptors (Lipinski definition) is 6. The molecule has 7 nitrogen and oxygen atoms in total. The Morgan fingerprint density at radius 2 is 2.09 bits per heavy atom. The first-order valence-corrected chi connectivity index (χ1v) is 7.06. The number of nitro groups is 1. The van der Waals surface area contributed by atoms with Crippen molar-refractivity contribution in [3.8, 4) is 17.2 Å². The molecule has 118 valence electrons. The van der Waals surface area contributed by atoms with Crippen LogP contribution in [0, 0.1) is 10.1 Å². The van der Waals surface area contributed by atoms with Crippen LogP contribution in [0.1, 0.15) is 13.8 Å². The normalized spacial score (nSPS) is 11.1. The van der Waals surface area contributed by atoms with Crippen LogP contribution in [0.2, 0.25) is 0 Å². The van der Waals surface area contributed by atoms with Crippen molar-refractivity contribution in [1.82, 2.24) is 4.98 Å². The summed E-state index contributed by atoms with van der Waals surface area (Å²) in [5.74, 6) is 0.487. The Morgan fingerprint density at radius 1 is 1.30 bits per heavy atom. The lowest BCUT2D eigenvalue weighted by atomic mass is 10.2. The zero-order valence-corrected chi connectivity index (χ0v) is 12.6. The number of nitrogen functional groups attached to an aromatic ring is 1. The van der Waals surface area contributed by atoms with Crippen LogP contribution in [-0.2, 0) is 0 Å². The summed E-state index contributed by atoms with van der Waals surface area (Å²) in [6, 6.07) is 9.83. The maximum atomic E-state index is 11.3. The largest absolute Gasteiger partial charge is 0.484 e. The summed E-state index contributed by atoms with van der Waals surface area (Å²) >= 11 is 0. The van der Waals surface area contributed by atoms with E-state index in [0.717, 1.165) is 0 Å². The molecule has 23 heavy (non-hydrogen) atoms. The Hall–Kier alpha value is -3.09. The van der Waals surface area contributed by atoms with E-state index in [2.05, 4.69) is 4.98 Å². The number of oxazole rings is 1. The van der Waals surface area contributed by atoms with Crippen LogP contribution in [0.4, 0.5) is 11.4 Å². The van der Waals surface area contributed by atoms with Crippen LogP contribution < -0.4 is 10.5 Å². The monoisotopic (exact) mass is 313 g/mol. The highest BCUT2D eigenvalue weighted by atomic mass is 16.6. The topological polar surface area (TPSA) is 104 Å². The summed E-state index contributed by atoms with van der Waals surface area (Å²) < 4.78 is 11.1. The number of hydrogen-bond donors (Lipinski definition) is 1. The second-order valence-corrected chi connectivity index (χ2v) is 5.32. The number of benzene rings is 2. The molecule has 0 radical (unpaired) electrons. The molecule has 0 aliphatic carbocycles.